The van der Waals surface area contributed by atoms with E-state index < -0.39 is 0 Å². The van der Waals surface area contributed by atoms with Crippen LogP contribution in [0.1, 0.15) is 16.1 Å². The molecule has 5 heteroatoms. The summed E-state index contributed by atoms with van der Waals surface area (Å²) >= 11 is 1.64. The lowest BCUT2D eigenvalue weighted by Crippen LogP contribution is -2.24. The zero-order chi connectivity index (χ0) is 17.6. The van der Waals surface area contributed by atoms with Crippen molar-refractivity contribution < 1.29 is 9.53 Å². The number of amides is 1. The molecule has 3 aromatic rings. The van der Waals surface area contributed by atoms with E-state index in [0.717, 1.165) is 33.1 Å². The summed E-state index contributed by atoms with van der Waals surface area (Å²) in [6.45, 7) is 2.45. The van der Waals surface area contributed by atoms with Crippen LogP contribution in [0.5, 0.6) is 5.75 Å². The van der Waals surface area contributed by atoms with Gasteiger partial charge in [0.2, 0.25) is 5.91 Å². The molecule has 1 heterocycles. The number of carbonyl (C=O) groups is 1. The Morgan fingerprint density at radius 1 is 1.16 bits per heavy atom. The molecular formula is C20H20N2O2S. The molecule has 0 spiro atoms. The molecular weight excluding hydrogens is 332 g/mol. The predicted molar refractivity (Wildman–Crippen MR) is 101 cm³/mol. The second-order valence-electron chi connectivity index (χ2n) is 5.71. The molecule has 0 bridgehead atoms. The number of benzene rings is 2. The van der Waals surface area contributed by atoms with Gasteiger partial charge in [-0.25, -0.2) is 4.98 Å². The number of hydrogen-bond donors (Lipinski definition) is 1. The summed E-state index contributed by atoms with van der Waals surface area (Å²) in [4.78, 5) is 16.7. The van der Waals surface area contributed by atoms with Crippen molar-refractivity contribution in [1.82, 2.24) is 10.3 Å². The number of thiazole rings is 1. The standard InChI is InChI=1S/C20H20N2O2S/c1-14-22-18(13-25-14)16-9-7-15(8-10-16)11-20(23)21-12-17-5-3-4-6-19(17)24-2/h3-10,13H,11-12H2,1-2H3,(H,21,23). The van der Waals surface area contributed by atoms with E-state index in [1.807, 2.05) is 60.8 Å². The number of para-hydroxylation sites is 1. The molecule has 4 nitrogen and oxygen atoms in total. The van der Waals surface area contributed by atoms with Crippen molar-refractivity contribution in [1.29, 1.82) is 0 Å². The van der Waals surface area contributed by atoms with E-state index in [-0.39, 0.29) is 5.91 Å². The highest BCUT2D eigenvalue weighted by atomic mass is 32.1. The minimum Gasteiger partial charge on any atom is -0.496 e. The van der Waals surface area contributed by atoms with Gasteiger partial charge in [-0.15, -0.1) is 11.3 Å². The molecule has 0 fully saturated rings. The van der Waals surface area contributed by atoms with Crippen molar-refractivity contribution in [2.45, 2.75) is 19.9 Å². The first-order valence-corrected chi connectivity index (χ1v) is 8.93. The van der Waals surface area contributed by atoms with Crippen LogP contribution in [0.3, 0.4) is 0 Å². The molecule has 0 unspecified atom stereocenters. The molecule has 2 aromatic carbocycles. The maximum Gasteiger partial charge on any atom is 0.224 e. The summed E-state index contributed by atoms with van der Waals surface area (Å²) in [6.07, 6.45) is 0.353. The lowest BCUT2D eigenvalue weighted by atomic mass is 10.1. The van der Waals surface area contributed by atoms with E-state index in [2.05, 4.69) is 10.3 Å². The summed E-state index contributed by atoms with van der Waals surface area (Å²) in [5.74, 6) is 0.772. The number of aromatic nitrogens is 1. The number of ether oxygens (including phenoxy) is 1. The quantitative estimate of drug-likeness (QED) is 0.730. The SMILES string of the molecule is COc1ccccc1CNC(=O)Cc1ccc(-c2csc(C)n2)cc1. The third-order valence-electron chi connectivity index (χ3n) is 3.90. The van der Waals surface area contributed by atoms with E-state index in [4.69, 9.17) is 4.74 Å². The molecule has 0 radical (unpaired) electrons. The van der Waals surface area contributed by atoms with Gasteiger partial charge < -0.3 is 10.1 Å². The number of methoxy groups -OCH3 is 1. The molecule has 0 aliphatic rings. The first-order chi connectivity index (χ1) is 12.2. The van der Waals surface area contributed by atoms with E-state index in [9.17, 15) is 4.79 Å². The first-order valence-electron chi connectivity index (χ1n) is 8.06. The van der Waals surface area contributed by atoms with Crippen molar-refractivity contribution in [2.75, 3.05) is 7.11 Å². The van der Waals surface area contributed by atoms with Crippen LogP contribution in [0, 0.1) is 6.92 Å². The molecule has 0 atom stereocenters. The monoisotopic (exact) mass is 352 g/mol. The van der Waals surface area contributed by atoms with Gasteiger partial charge in [-0.05, 0) is 18.6 Å². The minimum absolute atomic E-state index is 0.0110. The van der Waals surface area contributed by atoms with E-state index in [1.165, 1.54) is 0 Å². The van der Waals surface area contributed by atoms with Crippen LogP contribution in [-0.2, 0) is 17.8 Å². The van der Waals surface area contributed by atoms with Crippen LogP contribution >= 0.6 is 11.3 Å². The highest BCUT2D eigenvalue weighted by molar-refractivity contribution is 7.09. The van der Waals surface area contributed by atoms with Gasteiger partial charge in [-0.1, -0.05) is 42.5 Å². The van der Waals surface area contributed by atoms with Gasteiger partial charge in [0.15, 0.2) is 0 Å². The number of aryl methyl sites for hydroxylation is 1. The third-order valence-corrected chi connectivity index (χ3v) is 4.68. The Morgan fingerprint density at radius 2 is 1.92 bits per heavy atom. The van der Waals surface area contributed by atoms with Crippen LogP contribution in [0.2, 0.25) is 0 Å². The number of rotatable bonds is 6. The van der Waals surface area contributed by atoms with Gasteiger partial charge in [0.1, 0.15) is 5.75 Å². The molecule has 25 heavy (non-hydrogen) atoms. The molecule has 1 N–H and O–H groups in total. The summed E-state index contributed by atoms with van der Waals surface area (Å²) in [5, 5.41) is 6.04. The Balaban J connectivity index is 1.57. The Hall–Kier alpha value is -2.66. The fraction of sp³-hybridized carbons (Fsp3) is 0.200. The smallest absolute Gasteiger partial charge is 0.224 e. The highest BCUT2D eigenvalue weighted by Gasteiger charge is 2.07. The van der Waals surface area contributed by atoms with Crippen LogP contribution in [0.4, 0.5) is 0 Å². The van der Waals surface area contributed by atoms with Gasteiger partial charge in [0.05, 0.1) is 24.2 Å². The van der Waals surface area contributed by atoms with Crippen molar-refractivity contribution in [2.24, 2.45) is 0 Å². The molecule has 1 amide bonds. The third kappa shape index (κ3) is 4.45. The zero-order valence-corrected chi connectivity index (χ0v) is 15.1. The van der Waals surface area contributed by atoms with Crippen LogP contribution in [0.25, 0.3) is 11.3 Å². The van der Waals surface area contributed by atoms with Crippen molar-refractivity contribution in [3.05, 3.63) is 70.0 Å². The fourth-order valence-electron chi connectivity index (χ4n) is 2.58. The van der Waals surface area contributed by atoms with Gasteiger partial charge in [0, 0.05) is 23.1 Å². The Kier molecular flexibility index (Phi) is 5.46. The topological polar surface area (TPSA) is 51.2 Å². The summed E-state index contributed by atoms with van der Waals surface area (Å²) < 4.78 is 5.30. The van der Waals surface area contributed by atoms with Crippen LogP contribution in [-0.4, -0.2) is 18.0 Å². The van der Waals surface area contributed by atoms with E-state index in [1.54, 1.807) is 18.4 Å². The second-order valence-corrected chi connectivity index (χ2v) is 6.78. The summed E-state index contributed by atoms with van der Waals surface area (Å²) in [7, 11) is 1.63. The predicted octanol–water partition coefficient (Wildman–Crippen LogP) is 3.99. The molecule has 128 valence electrons. The van der Waals surface area contributed by atoms with Crippen molar-refractivity contribution in [3.63, 3.8) is 0 Å². The van der Waals surface area contributed by atoms with Gasteiger partial charge in [0.25, 0.3) is 0 Å². The van der Waals surface area contributed by atoms with E-state index >= 15 is 0 Å². The molecule has 0 aliphatic carbocycles. The zero-order valence-electron chi connectivity index (χ0n) is 14.3. The minimum atomic E-state index is -0.0110. The van der Waals surface area contributed by atoms with Crippen LogP contribution in [0.15, 0.2) is 53.9 Å². The fourth-order valence-corrected chi connectivity index (χ4v) is 3.20. The Bertz CT molecular complexity index is 856. The largest absolute Gasteiger partial charge is 0.496 e. The lowest BCUT2D eigenvalue weighted by molar-refractivity contribution is -0.120. The van der Waals surface area contributed by atoms with E-state index in [0.29, 0.717) is 13.0 Å². The van der Waals surface area contributed by atoms with Crippen molar-refractivity contribution >= 4 is 17.2 Å². The van der Waals surface area contributed by atoms with Gasteiger partial charge >= 0.3 is 0 Å². The average Bonchev–Trinajstić information content (AvgIpc) is 3.07. The Morgan fingerprint density at radius 3 is 2.60 bits per heavy atom. The molecule has 1 aromatic heterocycles. The maximum atomic E-state index is 12.2. The highest BCUT2D eigenvalue weighted by Crippen LogP contribution is 2.22. The summed E-state index contributed by atoms with van der Waals surface area (Å²) in [6, 6.07) is 15.7. The van der Waals surface area contributed by atoms with Crippen molar-refractivity contribution in [3.8, 4) is 17.0 Å². The number of nitrogens with zero attached hydrogens (tertiary/aromatic N) is 1. The van der Waals surface area contributed by atoms with Crippen LogP contribution < -0.4 is 10.1 Å². The molecule has 3 rings (SSSR count). The Labute approximate surface area is 151 Å². The van der Waals surface area contributed by atoms with Gasteiger partial charge in [-0.3, -0.25) is 4.79 Å². The average molecular weight is 352 g/mol. The number of carbonyl (C=O) groups excluding carboxylic acids is 1. The van der Waals surface area contributed by atoms with Gasteiger partial charge in [-0.2, -0.15) is 0 Å². The summed E-state index contributed by atoms with van der Waals surface area (Å²) in [5.41, 5.74) is 4.00. The molecule has 0 saturated heterocycles. The maximum absolute atomic E-state index is 12.2. The molecule has 0 aliphatic heterocycles. The first kappa shape index (κ1) is 17.2. The molecule has 0 saturated carbocycles. The number of hydrogen-bond acceptors (Lipinski definition) is 4. The number of nitrogens with one attached hydrogen (secondary N) is 1. The normalized spacial score (nSPS) is 10.5. The lowest BCUT2D eigenvalue weighted by Gasteiger charge is -2.09. The second kappa shape index (κ2) is 7.94.